The van der Waals surface area contributed by atoms with Gasteiger partial charge in [0, 0.05) is 18.8 Å². The average Bonchev–Trinajstić information content (AvgIpc) is 3.12. The van der Waals surface area contributed by atoms with Crippen molar-refractivity contribution in [2.24, 2.45) is 0 Å². The second-order valence-corrected chi connectivity index (χ2v) is 9.74. The van der Waals surface area contributed by atoms with E-state index in [4.69, 9.17) is 0 Å². The second kappa shape index (κ2) is 9.94. The summed E-state index contributed by atoms with van der Waals surface area (Å²) in [5, 5.41) is 6.82. The number of nitrogens with one attached hydrogen (secondary N) is 2. The summed E-state index contributed by atoms with van der Waals surface area (Å²) in [5.41, 5.74) is 1.18. The van der Waals surface area contributed by atoms with Crippen molar-refractivity contribution in [1.82, 2.24) is 24.8 Å². The van der Waals surface area contributed by atoms with Gasteiger partial charge in [0.1, 0.15) is 0 Å². The molecule has 0 radical (unpaired) electrons. The molecule has 12 heteroatoms. The molecule has 0 bridgehead atoms. The van der Waals surface area contributed by atoms with Crippen LogP contribution in [0, 0.1) is 6.92 Å². The highest BCUT2D eigenvalue weighted by Crippen LogP contribution is 2.28. The molecule has 0 fully saturated rings. The molecule has 0 saturated carbocycles. The fraction of sp³-hybridized carbons (Fsp3) is 0.318. The first-order valence-corrected chi connectivity index (χ1v) is 12.0. The lowest BCUT2D eigenvalue weighted by Gasteiger charge is -2.10. The predicted octanol–water partition coefficient (Wildman–Crippen LogP) is 3.35. The van der Waals surface area contributed by atoms with E-state index in [1.54, 1.807) is 45.0 Å². The lowest BCUT2D eigenvalue weighted by Crippen LogP contribution is -2.31. The van der Waals surface area contributed by atoms with Crippen molar-refractivity contribution in [2.75, 3.05) is 0 Å². The maximum absolute atomic E-state index is 12.7. The highest BCUT2D eigenvalue weighted by atomic mass is 32.2. The van der Waals surface area contributed by atoms with E-state index >= 15 is 0 Å². The maximum atomic E-state index is 12.7. The van der Waals surface area contributed by atoms with Crippen molar-refractivity contribution in [3.05, 3.63) is 76.7 Å². The lowest BCUT2D eigenvalue weighted by molar-refractivity contribution is -0.137. The summed E-state index contributed by atoms with van der Waals surface area (Å²) in [4.78, 5) is 16.4. The molecule has 1 amide bonds. The van der Waals surface area contributed by atoms with Gasteiger partial charge in [-0.3, -0.25) is 4.79 Å². The number of halogens is 3. The predicted molar refractivity (Wildman–Crippen MR) is 120 cm³/mol. The van der Waals surface area contributed by atoms with E-state index in [2.05, 4.69) is 20.1 Å². The number of hydrogen-bond acceptors (Lipinski definition) is 5. The van der Waals surface area contributed by atoms with E-state index in [1.807, 2.05) is 0 Å². The maximum Gasteiger partial charge on any atom is 0.417 e. The number of carbonyl (C=O) groups is 1. The summed E-state index contributed by atoms with van der Waals surface area (Å²) in [7, 11) is -3.43. The molecule has 8 nitrogen and oxygen atoms in total. The van der Waals surface area contributed by atoms with Gasteiger partial charge < -0.3 is 5.32 Å². The summed E-state index contributed by atoms with van der Waals surface area (Å²) >= 11 is 0. The molecule has 0 aliphatic heterocycles. The largest absolute Gasteiger partial charge is 0.417 e. The van der Waals surface area contributed by atoms with Gasteiger partial charge in [-0.05, 0) is 44.0 Å². The number of nitrogens with zero attached hydrogens (tertiary/aromatic N) is 3. The molecule has 0 unspecified atom stereocenters. The van der Waals surface area contributed by atoms with E-state index < -0.39 is 27.7 Å². The number of amides is 1. The summed E-state index contributed by atoms with van der Waals surface area (Å²) in [5.74, 6) is -0.403. The fourth-order valence-corrected chi connectivity index (χ4v) is 4.63. The zero-order valence-corrected chi connectivity index (χ0v) is 19.5. The van der Waals surface area contributed by atoms with Gasteiger partial charge in [0.2, 0.25) is 10.0 Å². The van der Waals surface area contributed by atoms with Gasteiger partial charge in [-0.1, -0.05) is 24.3 Å². The van der Waals surface area contributed by atoms with E-state index in [9.17, 15) is 26.4 Å². The third-order valence-corrected chi connectivity index (χ3v) is 6.34. The van der Waals surface area contributed by atoms with Crippen molar-refractivity contribution in [1.29, 1.82) is 0 Å². The Morgan fingerprint density at radius 2 is 1.71 bits per heavy atom. The Hall–Kier alpha value is -3.25. The van der Waals surface area contributed by atoms with Crippen LogP contribution in [0.2, 0.25) is 0 Å². The Labute approximate surface area is 195 Å². The van der Waals surface area contributed by atoms with E-state index in [0.29, 0.717) is 17.5 Å². The third-order valence-electron chi connectivity index (χ3n) is 4.79. The van der Waals surface area contributed by atoms with Crippen LogP contribution in [0.5, 0.6) is 0 Å². The molecule has 0 aliphatic carbocycles. The normalized spacial score (nSPS) is 12.2. The van der Waals surface area contributed by atoms with Gasteiger partial charge >= 0.3 is 6.18 Å². The number of aromatic nitrogens is 3. The number of carbonyl (C=O) groups excluding carboxylic acids is 1. The van der Waals surface area contributed by atoms with Crippen molar-refractivity contribution in [2.45, 2.75) is 45.3 Å². The first-order chi connectivity index (χ1) is 15.9. The Kier molecular flexibility index (Phi) is 7.41. The Bertz CT molecular complexity index is 1250. The Balaban J connectivity index is 1.63. The van der Waals surface area contributed by atoms with Crippen LogP contribution in [0.3, 0.4) is 0 Å². The van der Waals surface area contributed by atoms with Crippen molar-refractivity contribution < 1.29 is 26.4 Å². The molecule has 3 aromatic rings. The highest BCUT2D eigenvalue weighted by Gasteiger charge is 2.30. The first kappa shape index (κ1) is 25.4. The SMILES string of the molecule is Cc1c(C(=O)NCc2ccc(CS(=O)(=O)NC(C)C)cc2)cnn1-c1ccc(C(F)(F)F)cn1. The molecule has 2 N–H and O–H groups in total. The zero-order chi connectivity index (χ0) is 25.1. The van der Waals surface area contributed by atoms with Gasteiger partial charge in [0.25, 0.3) is 5.91 Å². The molecule has 34 heavy (non-hydrogen) atoms. The van der Waals surface area contributed by atoms with Crippen LogP contribution < -0.4 is 10.0 Å². The Morgan fingerprint density at radius 3 is 2.26 bits per heavy atom. The zero-order valence-electron chi connectivity index (χ0n) is 18.7. The number of benzene rings is 1. The van der Waals surface area contributed by atoms with E-state index in [0.717, 1.165) is 11.6 Å². The van der Waals surface area contributed by atoms with Crippen molar-refractivity contribution in [3.63, 3.8) is 0 Å². The molecular formula is C22H24F3N5O3S. The molecule has 0 aliphatic rings. The van der Waals surface area contributed by atoms with Crippen molar-refractivity contribution >= 4 is 15.9 Å². The summed E-state index contributed by atoms with van der Waals surface area (Å²) in [6.07, 6.45) is -2.46. The summed E-state index contributed by atoms with van der Waals surface area (Å²) in [6.45, 7) is 5.30. The third kappa shape index (κ3) is 6.41. The van der Waals surface area contributed by atoms with E-state index in [1.165, 1.54) is 16.9 Å². The van der Waals surface area contributed by atoms with Gasteiger partial charge in [-0.25, -0.2) is 22.8 Å². The number of pyridine rings is 1. The molecular weight excluding hydrogens is 471 g/mol. The van der Waals surface area contributed by atoms with Crippen LogP contribution >= 0.6 is 0 Å². The minimum Gasteiger partial charge on any atom is -0.348 e. The minimum atomic E-state index is -4.49. The van der Waals surface area contributed by atoms with Crippen LogP contribution in [0.25, 0.3) is 5.82 Å². The minimum absolute atomic E-state index is 0.145. The summed E-state index contributed by atoms with van der Waals surface area (Å²) in [6, 6.07) is 8.70. The van der Waals surface area contributed by atoms with Gasteiger partial charge in [-0.15, -0.1) is 0 Å². The lowest BCUT2D eigenvalue weighted by atomic mass is 10.1. The smallest absolute Gasteiger partial charge is 0.348 e. The quantitative estimate of drug-likeness (QED) is 0.499. The van der Waals surface area contributed by atoms with Crippen LogP contribution in [0.1, 0.15) is 46.6 Å². The van der Waals surface area contributed by atoms with Crippen LogP contribution in [-0.4, -0.2) is 35.1 Å². The monoisotopic (exact) mass is 495 g/mol. The molecule has 0 saturated heterocycles. The first-order valence-electron chi connectivity index (χ1n) is 10.3. The molecule has 3 rings (SSSR count). The number of hydrogen-bond donors (Lipinski definition) is 2. The van der Waals surface area contributed by atoms with Gasteiger partial charge in [-0.2, -0.15) is 18.3 Å². The van der Waals surface area contributed by atoms with Crippen LogP contribution in [-0.2, 0) is 28.5 Å². The standard InChI is InChI=1S/C22H24F3N5O3S/c1-14(2)29-34(32,33)13-17-6-4-16(5-7-17)10-27-21(31)19-12-28-30(15(19)3)20-9-8-18(11-26-20)22(23,24)25/h4-9,11-12,14,29H,10,13H2,1-3H3,(H,27,31). The summed E-state index contributed by atoms with van der Waals surface area (Å²) < 4.78 is 66.1. The highest BCUT2D eigenvalue weighted by molar-refractivity contribution is 7.88. The van der Waals surface area contributed by atoms with Gasteiger partial charge in [0.05, 0.1) is 28.8 Å². The molecule has 0 spiro atoms. The number of alkyl halides is 3. The molecule has 2 aromatic heterocycles. The van der Waals surface area contributed by atoms with Gasteiger partial charge in [0.15, 0.2) is 5.82 Å². The second-order valence-electron chi connectivity index (χ2n) is 7.99. The topological polar surface area (TPSA) is 106 Å². The molecule has 0 atom stereocenters. The molecule has 2 heterocycles. The number of rotatable bonds is 8. The Morgan fingerprint density at radius 1 is 1.06 bits per heavy atom. The number of sulfonamides is 1. The van der Waals surface area contributed by atoms with Crippen molar-refractivity contribution in [3.8, 4) is 5.82 Å². The van der Waals surface area contributed by atoms with E-state index in [-0.39, 0.29) is 29.7 Å². The molecule has 1 aromatic carbocycles. The van der Waals surface area contributed by atoms with Crippen LogP contribution in [0.15, 0.2) is 48.8 Å². The molecule has 182 valence electrons. The fourth-order valence-electron chi connectivity index (χ4n) is 3.19. The van der Waals surface area contributed by atoms with Crippen LogP contribution in [0.4, 0.5) is 13.2 Å². The average molecular weight is 496 g/mol.